The highest BCUT2D eigenvalue weighted by Crippen LogP contribution is 2.18. The van der Waals surface area contributed by atoms with Gasteiger partial charge in [-0.25, -0.2) is 0 Å². The number of benzene rings is 1. The van der Waals surface area contributed by atoms with Crippen LogP contribution >= 0.6 is 0 Å². The van der Waals surface area contributed by atoms with Crippen molar-refractivity contribution in [2.45, 2.75) is 0 Å². The molecule has 1 aromatic carbocycles. The van der Waals surface area contributed by atoms with Crippen molar-refractivity contribution in [3.63, 3.8) is 0 Å². The van der Waals surface area contributed by atoms with E-state index in [1.807, 2.05) is 0 Å². The van der Waals surface area contributed by atoms with Crippen LogP contribution in [0.3, 0.4) is 0 Å². The minimum Gasteiger partial charge on any atom is -0.464 e. The van der Waals surface area contributed by atoms with Gasteiger partial charge in [0.05, 0.1) is 9.85 Å². The quantitative estimate of drug-likeness (QED) is 0.468. The molecule has 1 heterocycles. The van der Waals surface area contributed by atoms with Gasteiger partial charge in [0.15, 0.2) is 6.26 Å². The van der Waals surface area contributed by atoms with Crippen molar-refractivity contribution in [2.24, 2.45) is 0 Å². The summed E-state index contributed by atoms with van der Waals surface area (Å²) in [7, 11) is 0. The molecule has 0 amide bonds. The van der Waals surface area contributed by atoms with E-state index in [1.54, 1.807) is 0 Å². The van der Waals surface area contributed by atoms with Crippen molar-refractivity contribution >= 4 is 11.4 Å². The molecule has 0 radical (unpaired) electrons. The molecule has 1 aromatic heterocycles. The third kappa shape index (κ3) is 2.76. The maximum Gasteiger partial charge on any atom is 0.322 e. The molecule has 0 unspecified atom stereocenters. The van der Waals surface area contributed by atoms with Crippen LogP contribution in [-0.2, 0) is 0 Å². The minimum absolute atomic E-state index is 0.0418. The molecule has 0 saturated heterocycles. The van der Waals surface area contributed by atoms with Crippen molar-refractivity contribution in [2.75, 3.05) is 0 Å². The van der Waals surface area contributed by atoms with Gasteiger partial charge >= 0.3 is 5.69 Å². The van der Waals surface area contributed by atoms with Crippen molar-refractivity contribution in [3.05, 3.63) is 68.1 Å². The number of nitrogens with zero attached hydrogens (tertiary/aromatic N) is 2. The second-order valence-electron chi connectivity index (χ2n) is 3.48. The molecular weight excluding hydrogens is 252 g/mol. The minimum atomic E-state index is -0.594. The predicted octanol–water partition coefficient (Wildman–Crippen LogP) is 2.50. The zero-order chi connectivity index (χ0) is 13.8. The zero-order valence-corrected chi connectivity index (χ0v) is 9.40. The number of rotatable bonds is 2. The highest BCUT2D eigenvalue weighted by Gasteiger charge is 2.14. The molecule has 19 heavy (non-hydrogen) atoms. The Morgan fingerprint density at radius 1 is 0.947 bits per heavy atom. The van der Waals surface area contributed by atoms with E-state index in [1.165, 1.54) is 30.5 Å². The van der Waals surface area contributed by atoms with E-state index in [-0.39, 0.29) is 16.9 Å². The monoisotopic (exact) mass is 258 g/mol. The van der Waals surface area contributed by atoms with Crippen LogP contribution in [0.2, 0.25) is 0 Å². The summed E-state index contributed by atoms with van der Waals surface area (Å²) in [6.45, 7) is 0. The molecule has 0 N–H and O–H groups in total. The van der Waals surface area contributed by atoms with Crippen LogP contribution in [-0.4, -0.2) is 9.85 Å². The Hall–Kier alpha value is -3.14. The molecular formula is C12H6N2O5. The molecule has 7 heteroatoms. The van der Waals surface area contributed by atoms with E-state index in [4.69, 9.17) is 4.42 Å². The molecule has 0 bridgehead atoms. The summed E-state index contributed by atoms with van der Waals surface area (Å²) >= 11 is 0. The molecule has 2 rings (SSSR count). The van der Waals surface area contributed by atoms with E-state index in [0.717, 1.165) is 6.26 Å². The van der Waals surface area contributed by atoms with Crippen LogP contribution in [0.1, 0.15) is 11.1 Å². The summed E-state index contributed by atoms with van der Waals surface area (Å²) in [5, 5.41) is 21.1. The van der Waals surface area contributed by atoms with Crippen LogP contribution < -0.4 is 0 Å². The first-order valence-corrected chi connectivity index (χ1v) is 5.05. The van der Waals surface area contributed by atoms with Crippen LogP contribution in [0.5, 0.6) is 0 Å². The SMILES string of the molecule is O=[N+]([O-])c1ccc(C#Cc2cocc2[N+](=O)[O-])cc1. The molecule has 0 saturated carbocycles. The summed E-state index contributed by atoms with van der Waals surface area (Å²) in [6.07, 6.45) is 2.18. The average Bonchev–Trinajstić information content (AvgIpc) is 2.85. The van der Waals surface area contributed by atoms with Gasteiger partial charge < -0.3 is 4.42 Å². The Kier molecular flexibility index (Phi) is 3.25. The lowest BCUT2D eigenvalue weighted by molar-refractivity contribution is -0.385. The van der Waals surface area contributed by atoms with Crippen LogP contribution in [0.4, 0.5) is 11.4 Å². The lowest BCUT2D eigenvalue weighted by atomic mass is 10.2. The largest absolute Gasteiger partial charge is 0.464 e. The Labute approximate surface area is 106 Å². The smallest absolute Gasteiger partial charge is 0.322 e. The van der Waals surface area contributed by atoms with E-state index in [2.05, 4.69) is 11.8 Å². The predicted molar refractivity (Wildman–Crippen MR) is 64.4 cm³/mol. The first-order valence-electron chi connectivity index (χ1n) is 5.05. The Morgan fingerprint density at radius 3 is 2.21 bits per heavy atom. The molecule has 0 aliphatic carbocycles. The third-order valence-electron chi connectivity index (χ3n) is 2.26. The average molecular weight is 258 g/mol. The van der Waals surface area contributed by atoms with Gasteiger partial charge in [0.1, 0.15) is 11.8 Å². The number of hydrogen-bond acceptors (Lipinski definition) is 5. The molecule has 94 valence electrons. The summed E-state index contributed by atoms with van der Waals surface area (Å²) in [5.74, 6) is 5.26. The number of nitro groups is 2. The second kappa shape index (κ2) is 5.01. The number of non-ortho nitro benzene ring substituents is 1. The van der Waals surface area contributed by atoms with Crippen molar-refractivity contribution in [3.8, 4) is 11.8 Å². The normalized spacial score (nSPS) is 9.47. The highest BCUT2D eigenvalue weighted by molar-refractivity contribution is 5.51. The first-order chi connectivity index (χ1) is 9.08. The molecule has 0 aliphatic heterocycles. The molecule has 7 nitrogen and oxygen atoms in total. The van der Waals surface area contributed by atoms with Crippen LogP contribution in [0.15, 0.2) is 41.2 Å². The summed E-state index contributed by atoms with van der Waals surface area (Å²) in [5.41, 5.74) is 0.415. The lowest BCUT2D eigenvalue weighted by Crippen LogP contribution is -1.88. The van der Waals surface area contributed by atoms with E-state index in [9.17, 15) is 20.2 Å². The maximum atomic E-state index is 10.6. The zero-order valence-electron chi connectivity index (χ0n) is 9.40. The van der Waals surface area contributed by atoms with Gasteiger partial charge in [-0.1, -0.05) is 11.8 Å². The second-order valence-corrected chi connectivity index (χ2v) is 3.48. The van der Waals surface area contributed by atoms with Crippen molar-refractivity contribution in [1.82, 2.24) is 0 Å². The third-order valence-corrected chi connectivity index (χ3v) is 2.26. The number of nitro benzene ring substituents is 1. The van der Waals surface area contributed by atoms with Gasteiger partial charge in [-0.15, -0.1) is 0 Å². The number of hydrogen-bond donors (Lipinski definition) is 0. The maximum absolute atomic E-state index is 10.6. The van der Waals surface area contributed by atoms with Gasteiger partial charge in [-0.3, -0.25) is 20.2 Å². The van der Waals surface area contributed by atoms with E-state index >= 15 is 0 Å². The van der Waals surface area contributed by atoms with E-state index < -0.39 is 9.85 Å². The standard InChI is InChI=1S/C12H6N2O5/c15-13(16)11-5-2-9(3-6-11)1-4-10-7-19-8-12(10)14(17)18/h2-3,5-8H. The van der Waals surface area contributed by atoms with Gasteiger partial charge in [-0.2, -0.15) is 0 Å². The molecule has 2 aromatic rings. The molecule has 0 spiro atoms. The van der Waals surface area contributed by atoms with Gasteiger partial charge in [-0.05, 0) is 12.1 Å². The molecule has 0 aliphatic rings. The number of furan rings is 1. The van der Waals surface area contributed by atoms with Crippen molar-refractivity contribution < 1.29 is 14.3 Å². The Bertz CT molecular complexity index is 691. The van der Waals surface area contributed by atoms with Gasteiger partial charge in [0.2, 0.25) is 0 Å². The molecule has 0 atom stereocenters. The fourth-order valence-electron chi connectivity index (χ4n) is 1.33. The topological polar surface area (TPSA) is 99.4 Å². The molecule has 0 fully saturated rings. The summed E-state index contributed by atoms with van der Waals surface area (Å²) in [4.78, 5) is 20.0. The summed E-state index contributed by atoms with van der Waals surface area (Å²) in [6, 6.07) is 5.57. The first kappa shape index (κ1) is 12.3. The highest BCUT2D eigenvalue weighted by atomic mass is 16.6. The Morgan fingerprint density at radius 2 is 1.63 bits per heavy atom. The lowest BCUT2D eigenvalue weighted by Gasteiger charge is -1.90. The summed E-state index contributed by atoms with van der Waals surface area (Å²) < 4.78 is 4.71. The Balaban J connectivity index is 2.26. The fraction of sp³-hybridized carbons (Fsp3) is 0. The van der Waals surface area contributed by atoms with Crippen molar-refractivity contribution in [1.29, 1.82) is 0 Å². The fourth-order valence-corrected chi connectivity index (χ4v) is 1.33. The van der Waals surface area contributed by atoms with Gasteiger partial charge in [0.25, 0.3) is 5.69 Å². The van der Waals surface area contributed by atoms with E-state index in [0.29, 0.717) is 5.56 Å². The van der Waals surface area contributed by atoms with Crippen LogP contribution in [0.25, 0.3) is 0 Å². The van der Waals surface area contributed by atoms with Crippen LogP contribution in [0, 0.1) is 32.1 Å². The van der Waals surface area contributed by atoms with Gasteiger partial charge in [0, 0.05) is 17.7 Å².